The fraction of sp³-hybridized carbons (Fsp3) is 0.0417. The van der Waals surface area contributed by atoms with E-state index >= 15 is 0 Å². The highest BCUT2D eigenvalue weighted by Gasteiger charge is 2.10. The second-order valence-corrected chi connectivity index (χ2v) is 6.84. The smallest absolute Gasteiger partial charge is 0.269 e. The van der Waals surface area contributed by atoms with Gasteiger partial charge in [0.15, 0.2) is 5.11 Å². The van der Waals surface area contributed by atoms with E-state index in [-0.39, 0.29) is 11.0 Å². The van der Waals surface area contributed by atoms with Gasteiger partial charge >= 0.3 is 0 Å². The average Bonchev–Trinajstić information content (AvgIpc) is 2.82. The predicted molar refractivity (Wildman–Crippen MR) is 125 cm³/mol. The van der Waals surface area contributed by atoms with E-state index < -0.39 is 5.91 Å². The van der Waals surface area contributed by atoms with Crippen molar-refractivity contribution in [3.8, 4) is 16.9 Å². The molecule has 3 aromatic carbocycles. The van der Waals surface area contributed by atoms with E-state index in [9.17, 15) is 9.59 Å². The van der Waals surface area contributed by atoms with Crippen LogP contribution in [0.1, 0.15) is 20.7 Å². The first-order valence-corrected chi connectivity index (χ1v) is 9.88. The van der Waals surface area contributed by atoms with Crippen LogP contribution in [0.15, 0.2) is 91.5 Å². The Labute approximate surface area is 185 Å². The maximum atomic E-state index is 12.4. The molecule has 0 heterocycles. The number of carbonyl (C=O) groups is 2. The van der Waals surface area contributed by atoms with E-state index in [1.165, 1.54) is 0 Å². The van der Waals surface area contributed by atoms with Crippen molar-refractivity contribution in [3.63, 3.8) is 0 Å². The predicted octanol–water partition coefficient (Wildman–Crippen LogP) is 3.87. The van der Waals surface area contributed by atoms with Gasteiger partial charge in [0.05, 0.1) is 0 Å². The third-order valence-corrected chi connectivity index (χ3v) is 4.46. The highest BCUT2D eigenvalue weighted by atomic mass is 32.1. The summed E-state index contributed by atoms with van der Waals surface area (Å²) >= 11 is 5.08. The van der Waals surface area contributed by atoms with E-state index in [4.69, 9.17) is 17.0 Å². The topological polar surface area (TPSA) is 79.5 Å². The molecule has 0 bridgehead atoms. The van der Waals surface area contributed by atoms with Crippen molar-refractivity contribution in [2.75, 3.05) is 6.61 Å². The number of amides is 2. The van der Waals surface area contributed by atoms with Crippen molar-refractivity contribution in [2.45, 2.75) is 0 Å². The molecule has 0 radical (unpaired) electrons. The molecular weight excluding hydrogens is 410 g/mol. The lowest BCUT2D eigenvalue weighted by atomic mass is 10.0. The van der Waals surface area contributed by atoms with E-state index in [0.29, 0.717) is 23.5 Å². The zero-order valence-electron chi connectivity index (χ0n) is 16.6. The highest BCUT2D eigenvalue weighted by Crippen LogP contribution is 2.19. The molecule has 0 aliphatic carbocycles. The van der Waals surface area contributed by atoms with Gasteiger partial charge in [-0.05, 0) is 59.7 Å². The fourth-order valence-corrected chi connectivity index (χ4v) is 2.84. The first kappa shape index (κ1) is 21.7. The Kier molecular flexibility index (Phi) is 7.50. The number of hydrogen-bond acceptors (Lipinski definition) is 4. The number of ether oxygens (including phenoxy) is 1. The third-order valence-electron chi connectivity index (χ3n) is 4.26. The van der Waals surface area contributed by atoms with Crippen LogP contribution in [0.2, 0.25) is 0 Å². The number of thiocarbonyl (C=S) groups is 1. The molecular formula is C24H21N3O3S. The molecule has 7 heteroatoms. The van der Waals surface area contributed by atoms with Gasteiger partial charge in [-0.2, -0.15) is 0 Å². The summed E-state index contributed by atoms with van der Waals surface area (Å²) in [4.78, 5) is 24.6. The van der Waals surface area contributed by atoms with Gasteiger partial charge in [0.25, 0.3) is 11.8 Å². The van der Waals surface area contributed by atoms with Gasteiger partial charge in [-0.25, -0.2) is 0 Å². The van der Waals surface area contributed by atoms with Crippen molar-refractivity contribution < 1.29 is 14.3 Å². The van der Waals surface area contributed by atoms with Crippen LogP contribution < -0.4 is 20.9 Å². The molecule has 0 fully saturated rings. The lowest BCUT2D eigenvalue weighted by molar-refractivity contribution is 0.0934. The number of carbonyl (C=O) groups excluding carboxylic acids is 2. The molecule has 0 saturated carbocycles. The molecule has 0 aliphatic rings. The summed E-state index contributed by atoms with van der Waals surface area (Å²) in [7, 11) is 0. The van der Waals surface area contributed by atoms with Crippen molar-refractivity contribution in [2.24, 2.45) is 0 Å². The van der Waals surface area contributed by atoms with Gasteiger partial charge in [-0.15, -0.1) is 0 Å². The van der Waals surface area contributed by atoms with E-state index in [2.05, 4.69) is 22.7 Å². The Bertz CT molecular complexity index is 1070. The minimum absolute atomic E-state index is 0.0172. The minimum Gasteiger partial charge on any atom is -0.490 e. The van der Waals surface area contributed by atoms with E-state index in [1.807, 2.05) is 42.5 Å². The van der Waals surface area contributed by atoms with Crippen molar-refractivity contribution in [1.82, 2.24) is 16.2 Å². The van der Waals surface area contributed by atoms with Crippen LogP contribution in [0.4, 0.5) is 0 Å². The van der Waals surface area contributed by atoms with Crippen LogP contribution in [-0.4, -0.2) is 23.5 Å². The first-order chi connectivity index (χ1) is 15.1. The van der Waals surface area contributed by atoms with Gasteiger partial charge < -0.3 is 4.74 Å². The van der Waals surface area contributed by atoms with Gasteiger partial charge in [0.1, 0.15) is 12.4 Å². The van der Waals surface area contributed by atoms with Crippen molar-refractivity contribution >= 4 is 29.1 Å². The summed E-state index contributed by atoms with van der Waals surface area (Å²) in [5, 5.41) is 2.51. The van der Waals surface area contributed by atoms with Gasteiger partial charge in [-0.3, -0.25) is 25.8 Å². The Hall–Kier alpha value is -3.97. The Morgan fingerprint density at radius 1 is 0.806 bits per heavy atom. The number of hydrazine groups is 1. The van der Waals surface area contributed by atoms with Gasteiger partial charge in [0.2, 0.25) is 0 Å². The Morgan fingerprint density at radius 3 is 2.03 bits per heavy atom. The largest absolute Gasteiger partial charge is 0.490 e. The van der Waals surface area contributed by atoms with Gasteiger partial charge in [-0.1, -0.05) is 55.1 Å². The SMILES string of the molecule is C=CCOc1ccc(C(=O)NNC(=S)NC(=O)c2ccc(-c3ccccc3)cc2)cc1. The van der Waals surface area contributed by atoms with Crippen molar-refractivity contribution in [3.05, 3.63) is 103 Å². The zero-order chi connectivity index (χ0) is 22.1. The molecule has 156 valence electrons. The molecule has 31 heavy (non-hydrogen) atoms. The van der Waals surface area contributed by atoms with Crippen LogP contribution in [0, 0.1) is 0 Å². The Balaban J connectivity index is 1.49. The molecule has 0 aromatic heterocycles. The number of rotatable bonds is 6. The minimum atomic E-state index is -0.404. The number of hydrogen-bond donors (Lipinski definition) is 3. The number of benzene rings is 3. The summed E-state index contributed by atoms with van der Waals surface area (Å²) < 4.78 is 5.37. The van der Waals surface area contributed by atoms with Crippen LogP contribution in [0.3, 0.4) is 0 Å². The van der Waals surface area contributed by atoms with Crippen LogP contribution in [0.5, 0.6) is 5.75 Å². The Morgan fingerprint density at radius 2 is 1.39 bits per heavy atom. The molecule has 0 unspecified atom stereocenters. The molecule has 3 N–H and O–H groups in total. The van der Waals surface area contributed by atoms with Gasteiger partial charge in [0, 0.05) is 11.1 Å². The molecule has 3 rings (SSSR count). The van der Waals surface area contributed by atoms with Crippen LogP contribution in [0.25, 0.3) is 11.1 Å². The molecule has 0 aliphatic heterocycles. The first-order valence-electron chi connectivity index (χ1n) is 9.48. The van der Waals surface area contributed by atoms with E-state index in [1.54, 1.807) is 42.5 Å². The molecule has 6 nitrogen and oxygen atoms in total. The second kappa shape index (κ2) is 10.7. The summed E-state index contributed by atoms with van der Waals surface area (Å²) in [6.07, 6.45) is 1.64. The molecule has 2 amide bonds. The second-order valence-electron chi connectivity index (χ2n) is 6.43. The quantitative estimate of drug-likeness (QED) is 0.314. The summed E-state index contributed by atoms with van der Waals surface area (Å²) in [5.41, 5.74) is 7.90. The fourth-order valence-electron chi connectivity index (χ4n) is 2.69. The number of nitrogens with one attached hydrogen (secondary N) is 3. The maximum absolute atomic E-state index is 12.4. The lowest BCUT2D eigenvalue weighted by Gasteiger charge is -2.11. The monoisotopic (exact) mass is 431 g/mol. The lowest BCUT2D eigenvalue weighted by Crippen LogP contribution is -2.48. The standard InChI is InChI=1S/C24H21N3O3S/c1-2-16-30-21-14-12-20(13-15-21)23(29)26-27-24(31)25-22(28)19-10-8-18(9-11-19)17-6-4-3-5-7-17/h2-15H,1,16H2,(H,26,29)(H2,25,27,28,31). The highest BCUT2D eigenvalue weighted by molar-refractivity contribution is 7.80. The molecule has 0 saturated heterocycles. The molecule has 0 atom stereocenters. The van der Waals surface area contributed by atoms with Crippen LogP contribution in [-0.2, 0) is 0 Å². The molecule has 0 spiro atoms. The average molecular weight is 432 g/mol. The summed E-state index contributed by atoms with van der Waals surface area (Å²) in [6.45, 7) is 3.96. The third kappa shape index (κ3) is 6.25. The molecule has 3 aromatic rings. The van der Waals surface area contributed by atoms with E-state index in [0.717, 1.165) is 11.1 Å². The van der Waals surface area contributed by atoms with Crippen molar-refractivity contribution in [1.29, 1.82) is 0 Å². The van der Waals surface area contributed by atoms with Crippen LogP contribution >= 0.6 is 12.2 Å². The summed E-state index contributed by atoms with van der Waals surface area (Å²) in [5.74, 6) is -0.153. The maximum Gasteiger partial charge on any atom is 0.269 e. The zero-order valence-corrected chi connectivity index (χ0v) is 17.4. The summed E-state index contributed by atoms with van der Waals surface area (Å²) in [6, 6.07) is 23.6. The normalized spacial score (nSPS) is 9.94.